The summed E-state index contributed by atoms with van der Waals surface area (Å²) in [5.41, 5.74) is 4.38. The van der Waals surface area contributed by atoms with Gasteiger partial charge >= 0.3 is 0 Å². The standard InChI is InChI=1S/C20H19Cl2N3/c1-14(10-15-6-4-3-5-7-15)12-23-20-24-13-19(25(20)2)16-8-9-17(21)18(22)11-16/h3-11,13H,12H2,1-2H3,(H,23,24)/b14-10+. The van der Waals surface area contributed by atoms with Gasteiger partial charge in [0.05, 0.1) is 21.9 Å². The van der Waals surface area contributed by atoms with Crippen molar-refractivity contribution in [2.24, 2.45) is 7.05 Å². The Morgan fingerprint density at radius 1 is 1.12 bits per heavy atom. The molecule has 0 aliphatic carbocycles. The highest BCUT2D eigenvalue weighted by atomic mass is 35.5. The van der Waals surface area contributed by atoms with Crippen LogP contribution < -0.4 is 5.32 Å². The summed E-state index contributed by atoms with van der Waals surface area (Å²) < 4.78 is 2.01. The number of halogens is 2. The summed E-state index contributed by atoms with van der Waals surface area (Å²) in [5, 5.41) is 4.46. The van der Waals surface area contributed by atoms with E-state index in [4.69, 9.17) is 23.2 Å². The van der Waals surface area contributed by atoms with Crippen molar-refractivity contribution in [2.75, 3.05) is 11.9 Å². The van der Waals surface area contributed by atoms with E-state index in [0.717, 1.165) is 23.8 Å². The number of hydrogen-bond donors (Lipinski definition) is 1. The van der Waals surface area contributed by atoms with E-state index in [1.54, 1.807) is 6.07 Å². The van der Waals surface area contributed by atoms with Crippen LogP contribution in [0.15, 0.2) is 60.3 Å². The maximum absolute atomic E-state index is 6.12. The van der Waals surface area contributed by atoms with Crippen molar-refractivity contribution >= 4 is 35.2 Å². The molecular formula is C20H19Cl2N3. The second kappa shape index (κ2) is 7.77. The van der Waals surface area contributed by atoms with Gasteiger partial charge in [0.25, 0.3) is 0 Å². The van der Waals surface area contributed by atoms with Crippen molar-refractivity contribution in [1.29, 1.82) is 0 Å². The molecule has 0 bridgehead atoms. The fourth-order valence-corrected chi connectivity index (χ4v) is 2.90. The van der Waals surface area contributed by atoms with Crippen LogP contribution in [0.4, 0.5) is 5.95 Å². The molecule has 5 heteroatoms. The lowest BCUT2D eigenvalue weighted by Gasteiger charge is -2.09. The summed E-state index contributed by atoms with van der Waals surface area (Å²) >= 11 is 12.1. The van der Waals surface area contributed by atoms with E-state index in [-0.39, 0.29) is 0 Å². The Balaban J connectivity index is 1.73. The quantitative estimate of drug-likeness (QED) is 0.603. The molecule has 128 valence electrons. The van der Waals surface area contributed by atoms with Crippen LogP contribution >= 0.6 is 23.2 Å². The molecule has 0 aliphatic rings. The lowest BCUT2D eigenvalue weighted by atomic mass is 10.1. The minimum atomic E-state index is 0.538. The first-order chi connectivity index (χ1) is 12.0. The molecule has 25 heavy (non-hydrogen) atoms. The van der Waals surface area contributed by atoms with Gasteiger partial charge in [-0.05, 0) is 24.6 Å². The van der Waals surface area contributed by atoms with Gasteiger partial charge in [-0.15, -0.1) is 0 Å². The molecule has 3 rings (SSSR count). The number of anilines is 1. The highest BCUT2D eigenvalue weighted by Gasteiger charge is 2.10. The van der Waals surface area contributed by atoms with E-state index in [1.807, 2.05) is 48.1 Å². The Kier molecular flexibility index (Phi) is 5.47. The van der Waals surface area contributed by atoms with Gasteiger partial charge in [0.2, 0.25) is 5.95 Å². The molecular weight excluding hydrogens is 353 g/mol. The van der Waals surface area contributed by atoms with Crippen molar-refractivity contribution in [3.05, 3.63) is 75.9 Å². The zero-order valence-corrected chi connectivity index (χ0v) is 15.6. The van der Waals surface area contributed by atoms with E-state index < -0.39 is 0 Å². The minimum absolute atomic E-state index is 0.538. The number of imidazole rings is 1. The van der Waals surface area contributed by atoms with Gasteiger partial charge in [0.15, 0.2) is 0 Å². The Morgan fingerprint density at radius 3 is 2.60 bits per heavy atom. The average Bonchev–Trinajstić information content (AvgIpc) is 2.97. The third-order valence-electron chi connectivity index (χ3n) is 3.94. The van der Waals surface area contributed by atoms with Crippen molar-refractivity contribution in [1.82, 2.24) is 9.55 Å². The Labute approximate surface area is 157 Å². The summed E-state index contributed by atoms with van der Waals surface area (Å²) in [6.07, 6.45) is 3.99. The Morgan fingerprint density at radius 2 is 1.88 bits per heavy atom. The number of benzene rings is 2. The van der Waals surface area contributed by atoms with Gasteiger partial charge in [-0.1, -0.05) is 71.2 Å². The molecule has 0 saturated heterocycles. The number of aromatic nitrogens is 2. The lowest BCUT2D eigenvalue weighted by Crippen LogP contribution is -2.08. The highest BCUT2D eigenvalue weighted by Crippen LogP contribution is 2.29. The van der Waals surface area contributed by atoms with Crippen LogP contribution in [0.2, 0.25) is 10.0 Å². The second-order valence-electron chi connectivity index (χ2n) is 5.91. The first kappa shape index (κ1) is 17.6. The first-order valence-electron chi connectivity index (χ1n) is 7.98. The van der Waals surface area contributed by atoms with Crippen molar-refractivity contribution in [3.63, 3.8) is 0 Å². The molecule has 0 aliphatic heterocycles. The highest BCUT2D eigenvalue weighted by molar-refractivity contribution is 6.42. The first-order valence-corrected chi connectivity index (χ1v) is 8.73. The van der Waals surface area contributed by atoms with E-state index in [1.165, 1.54) is 11.1 Å². The molecule has 0 atom stereocenters. The molecule has 1 aromatic heterocycles. The SMILES string of the molecule is C/C(=C\c1ccccc1)CNc1ncc(-c2ccc(Cl)c(Cl)c2)n1C. The van der Waals surface area contributed by atoms with Gasteiger partial charge in [0, 0.05) is 19.2 Å². The van der Waals surface area contributed by atoms with Crippen LogP contribution in [0.25, 0.3) is 17.3 Å². The maximum atomic E-state index is 6.12. The Bertz CT molecular complexity index is 899. The normalized spacial score (nSPS) is 11.6. The molecule has 1 N–H and O–H groups in total. The monoisotopic (exact) mass is 371 g/mol. The average molecular weight is 372 g/mol. The number of nitrogens with zero attached hydrogens (tertiary/aromatic N) is 2. The van der Waals surface area contributed by atoms with Crippen LogP contribution in [0, 0.1) is 0 Å². The summed E-state index contributed by atoms with van der Waals surface area (Å²) in [4.78, 5) is 4.47. The smallest absolute Gasteiger partial charge is 0.203 e. The third kappa shape index (κ3) is 4.25. The lowest BCUT2D eigenvalue weighted by molar-refractivity contribution is 0.916. The van der Waals surface area contributed by atoms with Crippen LogP contribution in [-0.4, -0.2) is 16.1 Å². The van der Waals surface area contributed by atoms with Crippen LogP contribution in [0.1, 0.15) is 12.5 Å². The molecule has 2 aromatic carbocycles. The topological polar surface area (TPSA) is 29.9 Å². The molecule has 0 fully saturated rings. The predicted molar refractivity (Wildman–Crippen MR) is 107 cm³/mol. The van der Waals surface area contributed by atoms with Gasteiger partial charge in [-0.2, -0.15) is 0 Å². The van der Waals surface area contributed by atoms with E-state index in [0.29, 0.717) is 10.0 Å². The third-order valence-corrected chi connectivity index (χ3v) is 4.68. The second-order valence-corrected chi connectivity index (χ2v) is 6.72. The summed E-state index contributed by atoms with van der Waals surface area (Å²) in [5.74, 6) is 0.807. The van der Waals surface area contributed by atoms with Crippen LogP contribution in [0.3, 0.4) is 0 Å². The van der Waals surface area contributed by atoms with Gasteiger partial charge in [0.1, 0.15) is 0 Å². The van der Waals surface area contributed by atoms with Gasteiger partial charge in [-0.25, -0.2) is 4.98 Å². The fraction of sp³-hybridized carbons (Fsp3) is 0.150. The van der Waals surface area contributed by atoms with Crippen LogP contribution in [0.5, 0.6) is 0 Å². The number of rotatable bonds is 5. The Hall–Kier alpha value is -2.23. The van der Waals surface area contributed by atoms with Crippen LogP contribution in [-0.2, 0) is 7.05 Å². The van der Waals surface area contributed by atoms with E-state index in [2.05, 4.69) is 35.4 Å². The van der Waals surface area contributed by atoms with Gasteiger partial charge < -0.3 is 9.88 Å². The molecule has 1 heterocycles. The molecule has 0 saturated carbocycles. The zero-order valence-electron chi connectivity index (χ0n) is 14.1. The molecule has 0 amide bonds. The number of hydrogen-bond acceptors (Lipinski definition) is 2. The molecule has 3 nitrogen and oxygen atoms in total. The summed E-state index contributed by atoms with van der Waals surface area (Å²) in [6, 6.07) is 15.9. The molecule has 0 unspecified atom stereocenters. The molecule has 3 aromatic rings. The van der Waals surface area contributed by atoms with Gasteiger partial charge in [-0.3, -0.25) is 0 Å². The molecule has 0 radical (unpaired) electrons. The van der Waals surface area contributed by atoms with E-state index >= 15 is 0 Å². The number of nitrogens with one attached hydrogen (secondary N) is 1. The van der Waals surface area contributed by atoms with Crippen molar-refractivity contribution in [3.8, 4) is 11.3 Å². The minimum Gasteiger partial charge on any atom is -0.352 e. The maximum Gasteiger partial charge on any atom is 0.203 e. The van der Waals surface area contributed by atoms with E-state index in [9.17, 15) is 0 Å². The fourth-order valence-electron chi connectivity index (χ4n) is 2.60. The van der Waals surface area contributed by atoms with Crippen molar-refractivity contribution < 1.29 is 0 Å². The summed E-state index contributed by atoms with van der Waals surface area (Å²) in [7, 11) is 1.98. The zero-order chi connectivity index (χ0) is 17.8. The predicted octanol–water partition coefficient (Wildman–Crippen LogP) is 5.91. The largest absolute Gasteiger partial charge is 0.352 e. The van der Waals surface area contributed by atoms with Crippen molar-refractivity contribution in [2.45, 2.75) is 6.92 Å². The summed E-state index contributed by atoms with van der Waals surface area (Å²) in [6.45, 7) is 2.82. The molecule has 0 spiro atoms.